The lowest BCUT2D eigenvalue weighted by atomic mass is 10.2. The first-order chi connectivity index (χ1) is 16.1. The number of piperazine rings is 1. The van der Waals surface area contributed by atoms with Gasteiger partial charge in [0.25, 0.3) is 0 Å². The minimum Gasteiger partial charge on any atom is -0.495 e. The maximum absolute atomic E-state index is 12.7. The first-order valence-electron chi connectivity index (χ1n) is 11.2. The molecule has 0 aliphatic carbocycles. The van der Waals surface area contributed by atoms with Crippen LogP contribution in [0.4, 0.5) is 10.5 Å². The zero-order chi connectivity index (χ0) is 23.2. The summed E-state index contributed by atoms with van der Waals surface area (Å²) in [6, 6.07) is 15.1. The van der Waals surface area contributed by atoms with E-state index in [0.29, 0.717) is 43.6 Å². The third-order valence-corrected chi connectivity index (χ3v) is 5.69. The highest BCUT2D eigenvalue weighted by Gasteiger charge is 2.23. The number of methoxy groups -OCH3 is 1. The SMILES string of the molecule is CCOc1ccc(-c2nc(CN3CCN(C(=O)Nc4ccccc4OC)CC3)c(C)o2)cc1. The van der Waals surface area contributed by atoms with E-state index in [0.717, 1.165) is 35.9 Å². The lowest BCUT2D eigenvalue weighted by molar-refractivity contribution is 0.141. The fourth-order valence-electron chi connectivity index (χ4n) is 3.82. The van der Waals surface area contributed by atoms with Gasteiger partial charge in [0.15, 0.2) is 0 Å². The third kappa shape index (κ3) is 5.46. The highest BCUT2D eigenvalue weighted by atomic mass is 16.5. The van der Waals surface area contributed by atoms with Crippen LogP contribution in [0.15, 0.2) is 52.9 Å². The smallest absolute Gasteiger partial charge is 0.322 e. The number of ether oxygens (including phenoxy) is 2. The Kier molecular flexibility index (Phi) is 7.14. The summed E-state index contributed by atoms with van der Waals surface area (Å²) in [5.74, 6) is 2.90. The van der Waals surface area contributed by atoms with E-state index in [2.05, 4.69) is 10.2 Å². The maximum Gasteiger partial charge on any atom is 0.322 e. The van der Waals surface area contributed by atoms with Crippen LogP contribution in [0.2, 0.25) is 0 Å². The van der Waals surface area contributed by atoms with E-state index >= 15 is 0 Å². The number of benzene rings is 2. The Morgan fingerprint density at radius 3 is 2.52 bits per heavy atom. The predicted molar refractivity (Wildman–Crippen MR) is 127 cm³/mol. The van der Waals surface area contributed by atoms with Gasteiger partial charge in [0, 0.05) is 38.3 Å². The summed E-state index contributed by atoms with van der Waals surface area (Å²) in [6.07, 6.45) is 0. The molecule has 0 atom stereocenters. The predicted octanol–water partition coefficient (Wildman–Crippen LogP) is 4.41. The highest BCUT2D eigenvalue weighted by Crippen LogP contribution is 2.26. The standard InChI is InChI=1S/C25H30N4O4/c1-4-32-20-11-9-19(10-12-20)24-26-22(18(2)33-24)17-28-13-15-29(16-14-28)25(30)27-21-7-5-6-8-23(21)31-3/h5-12H,4,13-17H2,1-3H3,(H,27,30). The molecular weight excluding hydrogens is 420 g/mol. The molecule has 1 aliphatic rings. The van der Waals surface area contributed by atoms with Crippen molar-refractivity contribution in [3.05, 3.63) is 60.0 Å². The van der Waals surface area contributed by atoms with E-state index < -0.39 is 0 Å². The maximum atomic E-state index is 12.7. The molecule has 0 saturated carbocycles. The van der Waals surface area contributed by atoms with E-state index in [-0.39, 0.29) is 6.03 Å². The molecule has 0 bridgehead atoms. The molecule has 0 spiro atoms. The Balaban J connectivity index is 1.32. The number of para-hydroxylation sites is 2. The fourth-order valence-corrected chi connectivity index (χ4v) is 3.82. The zero-order valence-electron chi connectivity index (χ0n) is 19.3. The van der Waals surface area contributed by atoms with Gasteiger partial charge in [-0.25, -0.2) is 9.78 Å². The third-order valence-electron chi connectivity index (χ3n) is 5.69. The van der Waals surface area contributed by atoms with E-state index in [4.69, 9.17) is 18.9 Å². The molecule has 1 fully saturated rings. The Bertz CT molecular complexity index is 1070. The molecule has 0 unspecified atom stereocenters. The summed E-state index contributed by atoms with van der Waals surface area (Å²) < 4.78 is 16.7. The van der Waals surface area contributed by atoms with Gasteiger partial charge in [-0.3, -0.25) is 4.90 Å². The van der Waals surface area contributed by atoms with Crippen LogP contribution in [0.25, 0.3) is 11.5 Å². The van der Waals surface area contributed by atoms with Gasteiger partial charge in [-0.15, -0.1) is 0 Å². The van der Waals surface area contributed by atoms with Crippen LogP contribution in [-0.4, -0.2) is 60.7 Å². The summed E-state index contributed by atoms with van der Waals surface area (Å²) in [5, 5.41) is 2.95. The number of carbonyl (C=O) groups is 1. The Morgan fingerprint density at radius 1 is 1.09 bits per heavy atom. The molecule has 8 heteroatoms. The first kappa shape index (κ1) is 22.7. The Morgan fingerprint density at radius 2 is 1.82 bits per heavy atom. The summed E-state index contributed by atoms with van der Waals surface area (Å²) in [4.78, 5) is 21.5. The van der Waals surface area contributed by atoms with Crippen LogP contribution < -0.4 is 14.8 Å². The molecule has 1 saturated heterocycles. The number of nitrogens with zero attached hydrogens (tertiary/aromatic N) is 3. The molecule has 2 amide bonds. The normalized spacial score (nSPS) is 14.2. The number of urea groups is 1. The second kappa shape index (κ2) is 10.4. The summed E-state index contributed by atoms with van der Waals surface area (Å²) in [6.45, 7) is 8.05. The number of aryl methyl sites for hydroxylation is 1. The number of nitrogens with one attached hydrogen (secondary N) is 1. The number of anilines is 1. The van der Waals surface area contributed by atoms with Gasteiger partial charge in [-0.1, -0.05) is 12.1 Å². The molecule has 8 nitrogen and oxygen atoms in total. The van der Waals surface area contributed by atoms with E-state index in [1.54, 1.807) is 7.11 Å². The number of carbonyl (C=O) groups excluding carboxylic acids is 1. The van der Waals surface area contributed by atoms with E-state index in [1.165, 1.54) is 0 Å². The molecule has 1 aromatic heterocycles. The van der Waals surface area contributed by atoms with Gasteiger partial charge in [0.1, 0.15) is 17.3 Å². The van der Waals surface area contributed by atoms with Gasteiger partial charge in [0.05, 0.1) is 25.1 Å². The van der Waals surface area contributed by atoms with Crippen LogP contribution >= 0.6 is 0 Å². The Labute approximate surface area is 194 Å². The molecule has 1 N–H and O–H groups in total. The largest absolute Gasteiger partial charge is 0.495 e. The lowest BCUT2D eigenvalue weighted by Gasteiger charge is -2.34. The second-order valence-electron chi connectivity index (χ2n) is 7.87. The van der Waals surface area contributed by atoms with E-state index in [9.17, 15) is 4.79 Å². The number of rotatable bonds is 7. The average Bonchev–Trinajstić information content (AvgIpc) is 3.20. The van der Waals surface area contributed by atoms with Gasteiger partial charge in [0.2, 0.25) is 5.89 Å². The second-order valence-corrected chi connectivity index (χ2v) is 7.87. The van der Waals surface area contributed by atoms with Crippen molar-refractivity contribution in [1.29, 1.82) is 0 Å². The zero-order valence-corrected chi connectivity index (χ0v) is 19.3. The first-order valence-corrected chi connectivity index (χ1v) is 11.2. The lowest BCUT2D eigenvalue weighted by Crippen LogP contribution is -2.49. The van der Waals surface area contributed by atoms with Crippen molar-refractivity contribution >= 4 is 11.7 Å². The molecule has 2 heterocycles. The number of hydrogen-bond donors (Lipinski definition) is 1. The van der Waals surface area contributed by atoms with Crippen molar-refractivity contribution in [2.24, 2.45) is 0 Å². The Hall–Kier alpha value is -3.52. The highest BCUT2D eigenvalue weighted by molar-refractivity contribution is 5.91. The van der Waals surface area contributed by atoms with Gasteiger partial charge in [-0.05, 0) is 50.2 Å². The van der Waals surface area contributed by atoms with Crippen LogP contribution in [-0.2, 0) is 6.54 Å². The number of aromatic nitrogens is 1. The van der Waals surface area contributed by atoms with Crippen LogP contribution in [0.1, 0.15) is 18.4 Å². The minimum atomic E-state index is -0.116. The topological polar surface area (TPSA) is 80.1 Å². The van der Waals surface area contributed by atoms with Crippen molar-refractivity contribution in [2.45, 2.75) is 20.4 Å². The van der Waals surface area contributed by atoms with Crippen LogP contribution in [0.3, 0.4) is 0 Å². The van der Waals surface area contributed by atoms with Crippen molar-refractivity contribution in [3.63, 3.8) is 0 Å². The van der Waals surface area contributed by atoms with E-state index in [1.807, 2.05) is 67.3 Å². The molecule has 174 valence electrons. The number of hydrogen-bond acceptors (Lipinski definition) is 6. The van der Waals surface area contributed by atoms with Crippen molar-refractivity contribution in [3.8, 4) is 23.0 Å². The minimum absolute atomic E-state index is 0.116. The molecule has 1 aliphatic heterocycles. The molecule has 4 rings (SSSR count). The van der Waals surface area contributed by atoms with Gasteiger partial charge in [-0.2, -0.15) is 0 Å². The van der Waals surface area contributed by atoms with Crippen molar-refractivity contribution in [1.82, 2.24) is 14.8 Å². The van der Waals surface area contributed by atoms with Gasteiger partial charge < -0.3 is 24.1 Å². The molecule has 3 aromatic rings. The fraction of sp³-hybridized carbons (Fsp3) is 0.360. The summed E-state index contributed by atoms with van der Waals surface area (Å²) >= 11 is 0. The average molecular weight is 451 g/mol. The molecule has 2 aromatic carbocycles. The molecule has 33 heavy (non-hydrogen) atoms. The van der Waals surface area contributed by atoms with Crippen molar-refractivity contribution in [2.75, 3.05) is 45.2 Å². The molecule has 0 radical (unpaired) electrons. The van der Waals surface area contributed by atoms with Crippen LogP contribution in [0.5, 0.6) is 11.5 Å². The molecular formula is C25H30N4O4. The summed E-state index contributed by atoms with van der Waals surface area (Å²) in [5.41, 5.74) is 2.52. The van der Waals surface area contributed by atoms with Crippen molar-refractivity contribution < 1.29 is 18.7 Å². The number of oxazole rings is 1. The monoisotopic (exact) mass is 450 g/mol. The summed E-state index contributed by atoms with van der Waals surface area (Å²) in [7, 11) is 1.59. The quantitative estimate of drug-likeness (QED) is 0.575. The number of amides is 2. The van der Waals surface area contributed by atoms with Gasteiger partial charge >= 0.3 is 6.03 Å². The van der Waals surface area contributed by atoms with Crippen LogP contribution in [0, 0.1) is 6.92 Å².